The molecule has 4 heterocycles. The van der Waals surface area contributed by atoms with Gasteiger partial charge in [-0.2, -0.15) is 20.2 Å². The second-order valence-electron chi connectivity index (χ2n) is 17.3. The summed E-state index contributed by atoms with van der Waals surface area (Å²) >= 11 is 0. The molecule has 0 radical (unpaired) electrons. The van der Waals surface area contributed by atoms with Gasteiger partial charge in [-0.3, -0.25) is 28.5 Å². The zero-order chi connectivity index (χ0) is 45.4. The first-order valence-corrected chi connectivity index (χ1v) is 21.2. The molecule has 17 nitrogen and oxygen atoms in total. The third-order valence-electron chi connectivity index (χ3n) is 11.3. The number of nitrogens with zero attached hydrogens (tertiary/aromatic N) is 10. The molecule has 2 aromatic carbocycles. The molecule has 6 aromatic rings. The van der Waals surface area contributed by atoms with E-state index < -0.39 is 23.6 Å². The summed E-state index contributed by atoms with van der Waals surface area (Å²) in [5, 5.41) is 8.93. The molecule has 4 aromatic heterocycles. The number of fused-ring (bicyclic) bond motifs is 2. The van der Waals surface area contributed by atoms with Crippen molar-refractivity contribution < 1.29 is 23.9 Å². The van der Waals surface area contributed by atoms with Crippen LogP contribution in [-0.4, -0.2) is 68.1 Å². The van der Waals surface area contributed by atoms with Crippen molar-refractivity contribution in [3.63, 3.8) is 0 Å². The maximum absolute atomic E-state index is 14.1. The Kier molecular flexibility index (Phi) is 12.9. The van der Waals surface area contributed by atoms with Crippen molar-refractivity contribution in [3.05, 3.63) is 87.6 Å². The van der Waals surface area contributed by atoms with Crippen LogP contribution in [-0.2, 0) is 27.2 Å². The number of nitrogens with two attached hydrogens (primary N) is 2. The summed E-state index contributed by atoms with van der Waals surface area (Å²) < 4.78 is 17.4. The van der Waals surface area contributed by atoms with Gasteiger partial charge in [0.25, 0.3) is 11.8 Å². The molecular weight excluding hydrogens is 789 g/mol. The molecule has 0 aliphatic heterocycles. The highest BCUT2D eigenvalue weighted by Crippen LogP contribution is 2.33. The van der Waals surface area contributed by atoms with E-state index in [-0.39, 0.29) is 23.1 Å². The highest BCUT2D eigenvalue weighted by molar-refractivity contribution is 5.99. The zero-order valence-electron chi connectivity index (χ0n) is 37.8. The lowest BCUT2D eigenvalue weighted by atomic mass is 9.91. The molecule has 0 saturated heterocycles. The standard InChI is InChI=1S/C45H60N12O5/c1-12-54-35(21-26(3)50-54)41(60)48-43-52(10)33-23-30(39(46)58)17-18-32(33)56(43)28(5)15-16-29(6)57-38-34(24-31(40(47)59)25-37(38)62-20-14-19-45(7,8)9)53(11)44(57)49-42(61)36-22-27(4)51-55(36)13-2/h17-18,21-25,28-29H,12-16,19-20H2,1-11H3,(H2,46,58)(H2,47,59). The van der Waals surface area contributed by atoms with E-state index in [2.05, 4.69) is 49.8 Å². The van der Waals surface area contributed by atoms with E-state index in [1.54, 1.807) is 69.0 Å². The van der Waals surface area contributed by atoms with Gasteiger partial charge in [-0.15, -0.1) is 0 Å². The number of ether oxygens (including phenoxy) is 1. The second-order valence-corrected chi connectivity index (χ2v) is 17.3. The van der Waals surface area contributed by atoms with Crippen molar-refractivity contribution in [2.75, 3.05) is 6.61 Å². The molecule has 0 bridgehead atoms. The van der Waals surface area contributed by atoms with Gasteiger partial charge in [0.15, 0.2) is 0 Å². The maximum Gasteiger partial charge on any atom is 0.298 e. The van der Waals surface area contributed by atoms with Gasteiger partial charge in [0.05, 0.1) is 34.5 Å². The van der Waals surface area contributed by atoms with Crippen LogP contribution in [0.1, 0.15) is 139 Å². The highest BCUT2D eigenvalue weighted by Gasteiger charge is 2.25. The molecule has 4 N–H and O–H groups in total. The van der Waals surface area contributed by atoms with Crippen LogP contribution >= 0.6 is 0 Å². The normalized spacial score (nSPS) is 13.7. The number of rotatable bonds is 15. The van der Waals surface area contributed by atoms with E-state index in [9.17, 15) is 19.2 Å². The number of aryl methyl sites for hydroxylation is 6. The van der Waals surface area contributed by atoms with Crippen LogP contribution in [0.4, 0.5) is 0 Å². The van der Waals surface area contributed by atoms with Gasteiger partial charge >= 0.3 is 0 Å². The molecule has 0 spiro atoms. The Labute approximate surface area is 360 Å². The monoisotopic (exact) mass is 848 g/mol. The number of imidazole rings is 2. The number of hydrogen-bond acceptors (Lipinski definition) is 7. The average molecular weight is 849 g/mol. The van der Waals surface area contributed by atoms with Crippen LogP contribution in [0.2, 0.25) is 0 Å². The van der Waals surface area contributed by atoms with Crippen LogP contribution in [0, 0.1) is 19.3 Å². The fraction of sp³-hybridized carbons (Fsp3) is 0.467. The molecule has 2 unspecified atom stereocenters. The van der Waals surface area contributed by atoms with Crippen LogP contribution < -0.4 is 27.4 Å². The zero-order valence-corrected chi connectivity index (χ0v) is 37.8. The molecular formula is C45H60N12O5. The predicted molar refractivity (Wildman–Crippen MR) is 237 cm³/mol. The molecule has 0 aliphatic rings. The summed E-state index contributed by atoms with van der Waals surface area (Å²) in [5.74, 6) is -1.64. The van der Waals surface area contributed by atoms with Gasteiger partial charge in [0, 0.05) is 50.4 Å². The van der Waals surface area contributed by atoms with Gasteiger partial charge in [-0.1, -0.05) is 20.8 Å². The second kappa shape index (κ2) is 17.8. The summed E-state index contributed by atoms with van der Waals surface area (Å²) in [5.41, 5.74) is 17.9. The van der Waals surface area contributed by atoms with Crippen LogP contribution in [0.5, 0.6) is 5.75 Å². The molecule has 2 atom stereocenters. The van der Waals surface area contributed by atoms with Gasteiger partial charge < -0.3 is 34.5 Å². The van der Waals surface area contributed by atoms with Crippen molar-refractivity contribution in [3.8, 4) is 5.75 Å². The lowest BCUT2D eigenvalue weighted by Gasteiger charge is -2.21. The van der Waals surface area contributed by atoms with Crippen molar-refractivity contribution >= 4 is 45.7 Å². The first-order valence-electron chi connectivity index (χ1n) is 21.2. The van der Waals surface area contributed by atoms with Crippen molar-refractivity contribution in [2.45, 2.75) is 113 Å². The third-order valence-corrected chi connectivity index (χ3v) is 11.3. The number of benzene rings is 2. The minimum atomic E-state index is -0.609. The molecule has 17 heteroatoms. The van der Waals surface area contributed by atoms with Crippen LogP contribution in [0.25, 0.3) is 22.1 Å². The van der Waals surface area contributed by atoms with E-state index in [0.29, 0.717) is 94.4 Å². The largest absolute Gasteiger partial charge is 0.491 e. The topological polar surface area (TPSA) is 210 Å². The first-order chi connectivity index (χ1) is 29.2. The maximum atomic E-state index is 14.1. The summed E-state index contributed by atoms with van der Waals surface area (Å²) in [6, 6.07) is 11.5. The lowest BCUT2D eigenvalue weighted by molar-refractivity contribution is 0.0977. The number of carbonyl (C=O) groups excluding carboxylic acids is 4. The molecule has 330 valence electrons. The Balaban J connectivity index is 1.49. The summed E-state index contributed by atoms with van der Waals surface area (Å²) in [6.45, 7) is 19.5. The van der Waals surface area contributed by atoms with Crippen molar-refractivity contribution in [1.29, 1.82) is 0 Å². The molecule has 0 saturated carbocycles. The van der Waals surface area contributed by atoms with E-state index in [4.69, 9.17) is 21.2 Å². The third kappa shape index (κ3) is 9.06. The van der Waals surface area contributed by atoms with Gasteiger partial charge in [-0.25, -0.2) is 0 Å². The van der Waals surface area contributed by atoms with Gasteiger partial charge in [-0.05, 0) is 115 Å². The number of amides is 4. The molecule has 4 amide bonds. The number of primary amides is 2. The average Bonchev–Trinajstić information content (AvgIpc) is 3.95. The fourth-order valence-corrected chi connectivity index (χ4v) is 8.09. The van der Waals surface area contributed by atoms with Crippen molar-refractivity contribution in [2.24, 2.45) is 41.0 Å². The van der Waals surface area contributed by atoms with E-state index in [1.165, 1.54) is 0 Å². The Morgan fingerprint density at radius 2 is 1.21 bits per heavy atom. The summed E-state index contributed by atoms with van der Waals surface area (Å²) in [4.78, 5) is 62.3. The Bertz CT molecular complexity index is 2850. The van der Waals surface area contributed by atoms with Gasteiger partial charge in [0.2, 0.25) is 23.1 Å². The molecule has 6 rings (SSSR count). The van der Waals surface area contributed by atoms with Gasteiger partial charge in [0.1, 0.15) is 22.7 Å². The Morgan fingerprint density at radius 3 is 1.73 bits per heavy atom. The van der Waals surface area contributed by atoms with Crippen molar-refractivity contribution in [1.82, 2.24) is 37.8 Å². The van der Waals surface area contributed by atoms with E-state index in [1.807, 2.05) is 42.9 Å². The number of hydrogen-bond donors (Lipinski definition) is 2. The quantitative estimate of drug-likeness (QED) is 0.121. The smallest absolute Gasteiger partial charge is 0.298 e. The molecule has 62 heavy (non-hydrogen) atoms. The van der Waals surface area contributed by atoms with Crippen LogP contribution in [0.3, 0.4) is 0 Å². The SMILES string of the molecule is CCn1nc(C)cc1C(=O)N=c1n(C)c2cc(C(N)=O)ccc2n1C(C)CCC(C)n1c(=NC(=O)c2cc(C)nn2CC)n(C)c2cc(C(N)=O)cc(OCCCC(C)(C)C)c21. The minimum Gasteiger partial charge on any atom is -0.491 e. The minimum absolute atomic E-state index is 0.102. The summed E-state index contributed by atoms with van der Waals surface area (Å²) in [7, 11) is 3.61. The van der Waals surface area contributed by atoms with Crippen LogP contribution in [0.15, 0.2) is 52.4 Å². The highest BCUT2D eigenvalue weighted by atomic mass is 16.5. The number of aromatic nitrogens is 8. The molecule has 0 aliphatic carbocycles. The summed E-state index contributed by atoms with van der Waals surface area (Å²) in [6.07, 6.45) is 2.84. The molecule has 0 fully saturated rings. The Hall–Kier alpha value is -6.52. The van der Waals surface area contributed by atoms with E-state index >= 15 is 0 Å². The van der Waals surface area contributed by atoms with E-state index in [0.717, 1.165) is 18.4 Å². The fourth-order valence-electron chi connectivity index (χ4n) is 8.09. The first kappa shape index (κ1) is 45.0. The number of carbonyl (C=O) groups is 4. The predicted octanol–water partition coefficient (Wildman–Crippen LogP) is 5.81. The lowest BCUT2D eigenvalue weighted by Crippen LogP contribution is -2.30. The Morgan fingerprint density at radius 1 is 0.710 bits per heavy atom.